The lowest BCUT2D eigenvalue weighted by atomic mass is 9.96. The second-order valence-electron chi connectivity index (χ2n) is 11.4. The van der Waals surface area contributed by atoms with Gasteiger partial charge in [-0.2, -0.15) is 0 Å². The van der Waals surface area contributed by atoms with Crippen LogP contribution in [0, 0.1) is 0 Å². The van der Waals surface area contributed by atoms with E-state index >= 15 is 0 Å². The number of hydrogen-bond acceptors (Lipinski definition) is 4. The number of benzene rings is 5. The van der Waals surface area contributed by atoms with Crippen molar-refractivity contribution < 1.29 is 4.74 Å². The van der Waals surface area contributed by atoms with Gasteiger partial charge in [-0.25, -0.2) is 4.98 Å². The van der Waals surface area contributed by atoms with E-state index in [4.69, 9.17) is 9.72 Å². The minimum absolute atomic E-state index is 0.731. The molecule has 0 N–H and O–H groups in total. The van der Waals surface area contributed by atoms with Crippen LogP contribution in [0.25, 0.3) is 66.9 Å². The van der Waals surface area contributed by atoms with Crippen LogP contribution in [0.2, 0.25) is 0 Å². The molecule has 0 aliphatic carbocycles. The Hall–Kier alpha value is -6.39. The van der Waals surface area contributed by atoms with Gasteiger partial charge in [-0.1, -0.05) is 84.9 Å². The summed E-state index contributed by atoms with van der Waals surface area (Å²) in [5.74, 6) is 1.47. The van der Waals surface area contributed by atoms with Gasteiger partial charge >= 0.3 is 0 Å². The molecule has 0 saturated carbocycles. The van der Waals surface area contributed by atoms with Crippen molar-refractivity contribution >= 4 is 10.9 Å². The molecule has 3 heterocycles. The first-order valence-electron chi connectivity index (χ1n) is 15.6. The summed E-state index contributed by atoms with van der Waals surface area (Å²) in [5, 5.41) is 1.12. The number of hydrogen-bond donors (Lipinski definition) is 0. The fourth-order valence-corrected chi connectivity index (χ4v) is 5.86. The van der Waals surface area contributed by atoms with Crippen LogP contribution in [0.5, 0.6) is 11.5 Å². The maximum atomic E-state index is 6.57. The molecule has 0 spiro atoms. The highest BCUT2D eigenvalue weighted by molar-refractivity contribution is 5.82. The van der Waals surface area contributed by atoms with Gasteiger partial charge < -0.3 is 4.74 Å². The summed E-state index contributed by atoms with van der Waals surface area (Å²) in [6.07, 6.45) is 3.64. The Morgan fingerprint density at radius 3 is 1.64 bits per heavy atom. The monoisotopic (exact) mass is 603 g/mol. The zero-order valence-corrected chi connectivity index (χ0v) is 25.5. The van der Waals surface area contributed by atoms with Gasteiger partial charge in [-0.15, -0.1) is 0 Å². The summed E-state index contributed by atoms with van der Waals surface area (Å²) in [6.45, 7) is 0. The van der Waals surface area contributed by atoms with Gasteiger partial charge in [0.25, 0.3) is 0 Å². The average molecular weight is 604 g/mol. The van der Waals surface area contributed by atoms with Crippen molar-refractivity contribution in [2.24, 2.45) is 0 Å². The topological polar surface area (TPSA) is 47.9 Å². The molecule has 0 bridgehead atoms. The smallest absolute Gasteiger partial charge is 0.128 e. The Balaban J connectivity index is 1.16. The predicted molar refractivity (Wildman–Crippen MR) is 191 cm³/mol. The highest BCUT2D eigenvalue weighted by Gasteiger charge is 2.11. The van der Waals surface area contributed by atoms with Crippen molar-refractivity contribution in [2.45, 2.75) is 0 Å². The zero-order chi connectivity index (χ0) is 31.4. The highest BCUT2D eigenvalue weighted by Crippen LogP contribution is 2.36. The van der Waals surface area contributed by atoms with E-state index in [0.717, 1.165) is 78.4 Å². The molecule has 8 aromatic rings. The first-order chi connectivity index (χ1) is 23.2. The van der Waals surface area contributed by atoms with Gasteiger partial charge in [0.1, 0.15) is 11.5 Å². The van der Waals surface area contributed by atoms with Gasteiger partial charge in [0.2, 0.25) is 0 Å². The van der Waals surface area contributed by atoms with Crippen molar-refractivity contribution in [1.29, 1.82) is 0 Å². The summed E-state index contributed by atoms with van der Waals surface area (Å²) in [7, 11) is 0. The van der Waals surface area contributed by atoms with Crippen LogP contribution in [0.4, 0.5) is 0 Å². The van der Waals surface area contributed by atoms with Crippen LogP contribution in [-0.4, -0.2) is 15.0 Å². The molecule has 0 amide bonds. The molecule has 4 nitrogen and oxygen atoms in total. The van der Waals surface area contributed by atoms with E-state index in [0.29, 0.717) is 0 Å². The normalized spacial score (nSPS) is 11.0. The molecule has 222 valence electrons. The van der Waals surface area contributed by atoms with E-state index in [9.17, 15) is 0 Å². The number of rotatable bonds is 7. The number of para-hydroxylation sites is 1. The lowest BCUT2D eigenvalue weighted by molar-refractivity contribution is 0.483. The van der Waals surface area contributed by atoms with E-state index in [1.807, 2.05) is 91.3 Å². The van der Waals surface area contributed by atoms with Crippen LogP contribution < -0.4 is 4.74 Å². The number of aromatic nitrogens is 3. The van der Waals surface area contributed by atoms with Crippen LogP contribution in [0.15, 0.2) is 176 Å². The van der Waals surface area contributed by atoms with Gasteiger partial charge in [0.15, 0.2) is 0 Å². The Bertz CT molecular complexity index is 2340. The van der Waals surface area contributed by atoms with E-state index < -0.39 is 0 Å². The average Bonchev–Trinajstić information content (AvgIpc) is 3.15. The van der Waals surface area contributed by atoms with Crippen LogP contribution >= 0.6 is 0 Å². The third kappa shape index (κ3) is 6.13. The molecule has 47 heavy (non-hydrogen) atoms. The minimum Gasteiger partial charge on any atom is -0.457 e. The fourth-order valence-electron chi connectivity index (χ4n) is 5.86. The molecule has 3 aromatic heterocycles. The lowest BCUT2D eigenvalue weighted by Gasteiger charge is -2.13. The highest BCUT2D eigenvalue weighted by atomic mass is 16.5. The summed E-state index contributed by atoms with van der Waals surface area (Å²) in [5.41, 5.74) is 11.2. The molecule has 0 radical (unpaired) electrons. The molecule has 0 aliphatic rings. The SMILES string of the molecule is c1ccc(-c2cccc(-c3cccc(-c4cc(Oc5cccc(-c6ccc7ccccc7n6)c5)cc(-c5ccccn5)c4)c3)c2)nc1. The minimum atomic E-state index is 0.731. The summed E-state index contributed by atoms with van der Waals surface area (Å²) in [4.78, 5) is 14.1. The molecule has 5 aromatic carbocycles. The Morgan fingerprint density at radius 1 is 0.340 bits per heavy atom. The molecule has 0 saturated heterocycles. The third-order valence-corrected chi connectivity index (χ3v) is 8.18. The van der Waals surface area contributed by atoms with Crippen molar-refractivity contribution in [2.75, 3.05) is 0 Å². The van der Waals surface area contributed by atoms with Gasteiger partial charge in [0, 0.05) is 34.5 Å². The zero-order valence-electron chi connectivity index (χ0n) is 25.5. The first-order valence-corrected chi connectivity index (χ1v) is 15.6. The summed E-state index contributed by atoms with van der Waals surface area (Å²) >= 11 is 0. The molecular formula is C43H29N3O. The standard InChI is InChI=1S/C43H29N3O/c1-2-19-42-30(10-1)20-21-43(46-42)35-15-9-16-38(27-35)47-39-28-36(26-37(29-39)41-18-4-6-23-45-41)33-13-7-11-31(24-33)32-12-8-14-34(25-32)40-17-3-5-22-44-40/h1-29H. The molecule has 0 unspecified atom stereocenters. The van der Waals surface area contributed by atoms with Crippen molar-refractivity contribution in [3.63, 3.8) is 0 Å². The molecule has 0 atom stereocenters. The fraction of sp³-hybridized carbons (Fsp3) is 0. The number of pyridine rings is 3. The van der Waals surface area contributed by atoms with E-state index in [1.54, 1.807) is 0 Å². The molecule has 4 heteroatoms. The Morgan fingerprint density at radius 2 is 0.894 bits per heavy atom. The summed E-state index contributed by atoms with van der Waals surface area (Å²) in [6, 6.07) is 55.8. The van der Waals surface area contributed by atoms with Crippen LogP contribution in [-0.2, 0) is 0 Å². The molecular weight excluding hydrogens is 574 g/mol. The van der Waals surface area contributed by atoms with Gasteiger partial charge in [0.05, 0.1) is 22.6 Å². The van der Waals surface area contributed by atoms with Crippen LogP contribution in [0.1, 0.15) is 0 Å². The van der Waals surface area contributed by atoms with E-state index in [2.05, 4.69) is 94.9 Å². The first kappa shape index (κ1) is 28.1. The van der Waals surface area contributed by atoms with E-state index in [-0.39, 0.29) is 0 Å². The summed E-state index contributed by atoms with van der Waals surface area (Å²) < 4.78 is 6.57. The van der Waals surface area contributed by atoms with Crippen molar-refractivity contribution in [3.05, 3.63) is 176 Å². The maximum absolute atomic E-state index is 6.57. The number of fused-ring (bicyclic) bond motifs is 1. The Kier molecular flexibility index (Phi) is 7.50. The number of nitrogens with zero attached hydrogens (tertiary/aromatic N) is 3. The Labute approximate surface area is 273 Å². The quantitative estimate of drug-likeness (QED) is 0.182. The second-order valence-corrected chi connectivity index (χ2v) is 11.4. The third-order valence-electron chi connectivity index (χ3n) is 8.18. The van der Waals surface area contributed by atoms with E-state index in [1.165, 1.54) is 0 Å². The molecule has 0 fully saturated rings. The second kappa shape index (κ2) is 12.5. The van der Waals surface area contributed by atoms with Crippen molar-refractivity contribution in [3.8, 4) is 67.5 Å². The van der Waals surface area contributed by atoms with Gasteiger partial charge in [-0.05, 0) is 101 Å². The largest absolute Gasteiger partial charge is 0.457 e. The molecule has 0 aliphatic heterocycles. The number of ether oxygens (including phenoxy) is 1. The van der Waals surface area contributed by atoms with Crippen molar-refractivity contribution in [1.82, 2.24) is 15.0 Å². The lowest BCUT2D eigenvalue weighted by Crippen LogP contribution is -1.91. The van der Waals surface area contributed by atoms with Gasteiger partial charge in [-0.3, -0.25) is 9.97 Å². The van der Waals surface area contributed by atoms with Crippen LogP contribution in [0.3, 0.4) is 0 Å². The molecule has 8 rings (SSSR count). The predicted octanol–water partition coefficient (Wildman–Crippen LogP) is 11.2. The maximum Gasteiger partial charge on any atom is 0.128 e.